The molecule has 4 nitrogen and oxygen atoms in total. The molecule has 1 heterocycles. The van der Waals surface area contributed by atoms with Crippen LogP contribution < -0.4 is 14.8 Å². The molecule has 2 aromatic rings. The van der Waals surface area contributed by atoms with Crippen molar-refractivity contribution in [1.82, 2.24) is 5.32 Å². The first-order valence-electron chi connectivity index (χ1n) is 7.20. The Morgan fingerprint density at radius 1 is 1.19 bits per heavy atom. The van der Waals surface area contributed by atoms with Crippen LogP contribution >= 0.6 is 0 Å². The third-order valence-corrected chi connectivity index (χ3v) is 3.43. The van der Waals surface area contributed by atoms with Crippen LogP contribution in [-0.4, -0.2) is 20.8 Å². The Hall–Kier alpha value is -1.94. The minimum absolute atomic E-state index is 0.0447. The molecule has 1 aromatic carbocycles. The van der Waals surface area contributed by atoms with Crippen LogP contribution in [0, 0.1) is 6.92 Å². The lowest BCUT2D eigenvalue weighted by molar-refractivity contribution is 0.387. The predicted molar refractivity (Wildman–Crippen MR) is 83.1 cm³/mol. The topological polar surface area (TPSA) is 43.6 Å². The van der Waals surface area contributed by atoms with Crippen LogP contribution in [0.15, 0.2) is 34.9 Å². The molecule has 114 valence electrons. The Bertz CT molecular complexity index is 577. The molecule has 0 amide bonds. The van der Waals surface area contributed by atoms with E-state index in [0.29, 0.717) is 0 Å². The summed E-state index contributed by atoms with van der Waals surface area (Å²) in [7, 11) is 3.33. The van der Waals surface area contributed by atoms with Gasteiger partial charge in [-0.15, -0.1) is 0 Å². The van der Waals surface area contributed by atoms with Crippen molar-refractivity contribution < 1.29 is 13.9 Å². The molecular weight excluding hydrogens is 266 g/mol. The van der Waals surface area contributed by atoms with E-state index in [0.717, 1.165) is 41.4 Å². The summed E-state index contributed by atoms with van der Waals surface area (Å²) < 4.78 is 16.2. The summed E-state index contributed by atoms with van der Waals surface area (Å²) in [5.74, 6) is 2.50. The van der Waals surface area contributed by atoms with Crippen molar-refractivity contribution in [2.24, 2.45) is 0 Å². The summed E-state index contributed by atoms with van der Waals surface area (Å²) in [5.41, 5.74) is 2.18. The number of benzene rings is 1. The van der Waals surface area contributed by atoms with Gasteiger partial charge in [-0.05, 0) is 38.1 Å². The second kappa shape index (κ2) is 7.18. The summed E-state index contributed by atoms with van der Waals surface area (Å²) in [6, 6.07) is 7.99. The van der Waals surface area contributed by atoms with Gasteiger partial charge in [0.2, 0.25) is 0 Å². The average Bonchev–Trinajstić information content (AvgIpc) is 2.94. The number of furan rings is 1. The zero-order valence-electron chi connectivity index (χ0n) is 13.1. The van der Waals surface area contributed by atoms with Crippen molar-refractivity contribution in [3.63, 3.8) is 0 Å². The number of methoxy groups -OCH3 is 2. The van der Waals surface area contributed by atoms with E-state index in [1.54, 1.807) is 20.5 Å². The standard InChI is InChI=1S/C17H23NO3/c1-5-8-18-17(13-9-12(2)21-11-13)15-7-6-14(19-3)10-16(15)20-4/h6-7,9-11,17-18H,5,8H2,1-4H3. The van der Waals surface area contributed by atoms with E-state index < -0.39 is 0 Å². The maximum absolute atomic E-state index is 5.53. The lowest BCUT2D eigenvalue weighted by atomic mass is 9.99. The lowest BCUT2D eigenvalue weighted by Crippen LogP contribution is -2.23. The van der Waals surface area contributed by atoms with Gasteiger partial charge in [0, 0.05) is 17.2 Å². The van der Waals surface area contributed by atoms with E-state index in [4.69, 9.17) is 13.9 Å². The lowest BCUT2D eigenvalue weighted by Gasteiger charge is -2.20. The van der Waals surface area contributed by atoms with Crippen LogP contribution in [0.25, 0.3) is 0 Å². The molecule has 1 N–H and O–H groups in total. The van der Waals surface area contributed by atoms with Crippen LogP contribution in [-0.2, 0) is 0 Å². The number of aryl methyl sites for hydroxylation is 1. The second-order valence-electron chi connectivity index (χ2n) is 4.99. The van der Waals surface area contributed by atoms with Crippen LogP contribution in [0.5, 0.6) is 11.5 Å². The molecule has 21 heavy (non-hydrogen) atoms. The van der Waals surface area contributed by atoms with Crippen molar-refractivity contribution in [3.05, 3.63) is 47.4 Å². The Morgan fingerprint density at radius 2 is 2.00 bits per heavy atom. The van der Waals surface area contributed by atoms with E-state index >= 15 is 0 Å². The first kappa shape index (κ1) is 15.4. The quantitative estimate of drug-likeness (QED) is 0.844. The highest BCUT2D eigenvalue weighted by atomic mass is 16.5. The van der Waals surface area contributed by atoms with Crippen LogP contribution in [0.1, 0.15) is 36.3 Å². The van der Waals surface area contributed by atoms with E-state index in [1.165, 1.54) is 0 Å². The highest BCUT2D eigenvalue weighted by Crippen LogP contribution is 2.33. The fourth-order valence-corrected chi connectivity index (χ4v) is 2.37. The maximum Gasteiger partial charge on any atom is 0.127 e. The molecule has 0 spiro atoms. The molecule has 0 aliphatic rings. The zero-order valence-corrected chi connectivity index (χ0v) is 13.1. The van der Waals surface area contributed by atoms with E-state index in [9.17, 15) is 0 Å². The predicted octanol–water partition coefficient (Wildman–Crippen LogP) is 3.69. The fourth-order valence-electron chi connectivity index (χ4n) is 2.37. The summed E-state index contributed by atoms with van der Waals surface area (Å²) in [6.07, 6.45) is 2.86. The summed E-state index contributed by atoms with van der Waals surface area (Å²) in [5, 5.41) is 3.55. The minimum Gasteiger partial charge on any atom is -0.497 e. The van der Waals surface area contributed by atoms with Gasteiger partial charge in [-0.3, -0.25) is 0 Å². The molecule has 0 saturated carbocycles. The van der Waals surface area contributed by atoms with Gasteiger partial charge in [-0.25, -0.2) is 0 Å². The summed E-state index contributed by atoms with van der Waals surface area (Å²) in [6.45, 7) is 5.02. The molecule has 1 atom stereocenters. The van der Waals surface area contributed by atoms with Crippen molar-refractivity contribution in [2.75, 3.05) is 20.8 Å². The molecule has 0 aliphatic carbocycles. The Morgan fingerprint density at radius 3 is 2.57 bits per heavy atom. The van der Waals surface area contributed by atoms with Crippen LogP contribution in [0.2, 0.25) is 0 Å². The second-order valence-corrected chi connectivity index (χ2v) is 4.99. The first-order valence-corrected chi connectivity index (χ1v) is 7.20. The molecule has 4 heteroatoms. The van der Waals surface area contributed by atoms with Crippen LogP contribution in [0.3, 0.4) is 0 Å². The summed E-state index contributed by atoms with van der Waals surface area (Å²) >= 11 is 0. The highest BCUT2D eigenvalue weighted by Gasteiger charge is 2.20. The first-order chi connectivity index (χ1) is 10.2. The van der Waals surface area contributed by atoms with E-state index in [-0.39, 0.29) is 6.04 Å². The van der Waals surface area contributed by atoms with Gasteiger partial charge in [0.15, 0.2) is 0 Å². The molecular formula is C17H23NO3. The van der Waals surface area contributed by atoms with Gasteiger partial charge >= 0.3 is 0 Å². The number of nitrogens with one attached hydrogen (secondary N) is 1. The molecule has 0 fully saturated rings. The van der Waals surface area contributed by atoms with Crippen molar-refractivity contribution in [1.29, 1.82) is 0 Å². The Kier molecular flexibility index (Phi) is 5.28. The molecule has 1 aromatic heterocycles. The maximum atomic E-state index is 5.53. The number of hydrogen-bond acceptors (Lipinski definition) is 4. The van der Waals surface area contributed by atoms with Crippen LogP contribution in [0.4, 0.5) is 0 Å². The Balaban J connectivity index is 2.40. The number of hydrogen-bond donors (Lipinski definition) is 1. The van der Waals surface area contributed by atoms with Gasteiger partial charge in [-0.2, -0.15) is 0 Å². The third-order valence-electron chi connectivity index (χ3n) is 3.43. The molecule has 0 bridgehead atoms. The number of ether oxygens (including phenoxy) is 2. The third kappa shape index (κ3) is 3.58. The van der Waals surface area contributed by atoms with E-state index in [1.807, 2.05) is 25.1 Å². The fraction of sp³-hybridized carbons (Fsp3) is 0.412. The van der Waals surface area contributed by atoms with Crippen molar-refractivity contribution in [3.8, 4) is 11.5 Å². The molecule has 2 rings (SSSR count). The van der Waals surface area contributed by atoms with Gasteiger partial charge < -0.3 is 19.2 Å². The minimum atomic E-state index is 0.0447. The highest BCUT2D eigenvalue weighted by molar-refractivity contribution is 5.45. The summed E-state index contributed by atoms with van der Waals surface area (Å²) in [4.78, 5) is 0. The van der Waals surface area contributed by atoms with Crippen molar-refractivity contribution in [2.45, 2.75) is 26.3 Å². The van der Waals surface area contributed by atoms with E-state index in [2.05, 4.69) is 18.3 Å². The van der Waals surface area contributed by atoms with Gasteiger partial charge in [0.1, 0.15) is 17.3 Å². The largest absolute Gasteiger partial charge is 0.497 e. The SMILES string of the molecule is CCCNC(c1coc(C)c1)c1ccc(OC)cc1OC. The zero-order chi connectivity index (χ0) is 15.2. The molecule has 0 aliphatic heterocycles. The Labute approximate surface area is 126 Å². The van der Waals surface area contributed by atoms with Gasteiger partial charge in [-0.1, -0.05) is 6.92 Å². The van der Waals surface area contributed by atoms with Gasteiger partial charge in [0.05, 0.1) is 26.5 Å². The normalized spacial score (nSPS) is 12.2. The molecule has 0 saturated heterocycles. The monoisotopic (exact) mass is 289 g/mol. The smallest absolute Gasteiger partial charge is 0.127 e. The molecule has 1 unspecified atom stereocenters. The molecule has 0 radical (unpaired) electrons. The van der Waals surface area contributed by atoms with Crippen molar-refractivity contribution >= 4 is 0 Å². The number of rotatable bonds is 7. The van der Waals surface area contributed by atoms with Gasteiger partial charge in [0.25, 0.3) is 0 Å². The average molecular weight is 289 g/mol.